The van der Waals surface area contributed by atoms with E-state index in [-0.39, 0.29) is 5.78 Å². The van der Waals surface area contributed by atoms with Crippen LogP contribution in [0.4, 0.5) is 0 Å². The minimum absolute atomic E-state index is 0.0126. The number of benzene rings is 2. The first-order valence-corrected chi connectivity index (χ1v) is 6.95. The Morgan fingerprint density at radius 2 is 1.84 bits per heavy atom. The van der Waals surface area contributed by atoms with Gasteiger partial charge in [0.1, 0.15) is 5.75 Å². The number of carbonyl (C=O) groups is 1. The lowest BCUT2D eigenvalue weighted by Gasteiger charge is -2.07. The summed E-state index contributed by atoms with van der Waals surface area (Å²) < 4.78 is 6.19. The minimum Gasteiger partial charge on any atom is -0.494 e. The van der Waals surface area contributed by atoms with Crippen molar-refractivity contribution < 1.29 is 9.53 Å². The third-order valence-corrected chi connectivity index (χ3v) is 3.49. The molecular weight excluding hydrogens is 304 g/mol. The molecule has 2 nitrogen and oxygen atoms in total. The Labute approximate surface area is 121 Å². The first-order chi connectivity index (χ1) is 9.11. The third kappa shape index (κ3) is 3.24. The fourth-order valence-corrected chi connectivity index (χ4v) is 2.26. The van der Waals surface area contributed by atoms with Crippen LogP contribution < -0.4 is 4.74 Å². The molecule has 0 fully saturated rings. The zero-order chi connectivity index (χ0) is 13.8. The largest absolute Gasteiger partial charge is 0.494 e. The van der Waals surface area contributed by atoms with Crippen LogP contribution in [0.3, 0.4) is 0 Å². The van der Waals surface area contributed by atoms with Gasteiger partial charge in [-0.1, -0.05) is 27.6 Å². The molecule has 0 unspecified atom stereocenters. The van der Waals surface area contributed by atoms with Crippen LogP contribution in [0.25, 0.3) is 0 Å². The van der Waals surface area contributed by atoms with Crippen molar-refractivity contribution in [3.63, 3.8) is 0 Å². The molecule has 19 heavy (non-hydrogen) atoms. The Morgan fingerprint density at radius 3 is 2.47 bits per heavy atom. The highest BCUT2D eigenvalue weighted by Gasteiger charge is 2.12. The molecule has 3 heteroatoms. The molecule has 0 aliphatic heterocycles. The van der Waals surface area contributed by atoms with Crippen LogP contribution in [0.1, 0.15) is 28.4 Å². The van der Waals surface area contributed by atoms with Crippen LogP contribution in [0.2, 0.25) is 0 Å². The van der Waals surface area contributed by atoms with Crippen molar-refractivity contribution in [3.8, 4) is 5.75 Å². The van der Waals surface area contributed by atoms with Gasteiger partial charge in [0.25, 0.3) is 0 Å². The highest BCUT2D eigenvalue weighted by molar-refractivity contribution is 9.10. The van der Waals surface area contributed by atoms with Gasteiger partial charge in [-0.25, -0.2) is 0 Å². The van der Waals surface area contributed by atoms with Gasteiger partial charge in [0.2, 0.25) is 0 Å². The molecule has 2 aromatic carbocycles. The fourth-order valence-electron chi connectivity index (χ4n) is 1.84. The lowest BCUT2D eigenvalue weighted by molar-refractivity contribution is 0.103. The first-order valence-electron chi connectivity index (χ1n) is 6.15. The van der Waals surface area contributed by atoms with Gasteiger partial charge in [0, 0.05) is 15.6 Å². The molecule has 2 aromatic rings. The van der Waals surface area contributed by atoms with E-state index in [0.29, 0.717) is 17.7 Å². The number of rotatable bonds is 4. The molecule has 2 rings (SSSR count). The van der Waals surface area contributed by atoms with E-state index in [1.807, 2.05) is 44.2 Å². The number of ether oxygens (including phenoxy) is 1. The normalized spacial score (nSPS) is 10.3. The molecule has 0 amide bonds. The summed E-state index contributed by atoms with van der Waals surface area (Å²) in [6, 6.07) is 13.0. The fraction of sp³-hybridized carbons (Fsp3) is 0.188. The topological polar surface area (TPSA) is 26.3 Å². The summed E-state index contributed by atoms with van der Waals surface area (Å²) in [6.07, 6.45) is 0. The molecule has 0 aliphatic carbocycles. The van der Waals surface area contributed by atoms with Crippen molar-refractivity contribution in [3.05, 3.63) is 63.6 Å². The minimum atomic E-state index is 0.0126. The van der Waals surface area contributed by atoms with Gasteiger partial charge >= 0.3 is 0 Å². The average molecular weight is 319 g/mol. The van der Waals surface area contributed by atoms with E-state index in [1.54, 1.807) is 12.1 Å². The Hall–Kier alpha value is -1.61. The molecule has 0 atom stereocenters. The van der Waals surface area contributed by atoms with Crippen molar-refractivity contribution in [2.45, 2.75) is 13.8 Å². The van der Waals surface area contributed by atoms with Gasteiger partial charge in [-0.2, -0.15) is 0 Å². The van der Waals surface area contributed by atoms with Crippen LogP contribution >= 0.6 is 15.9 Å². The third-order valence-electron chi connectivity index (χ3n) is 2.79. The average Bonchev–Trinajstić information content (AvgIpc) is 2.42. The molecule has 0 heterocycles. The summed E-state index contributed by atoms with van der Waals surface area (Å²) in [5.41, 5.74) is 2.41. The van der Waals surface area contributed by atoms with Crippen molar-refractivity contribution in [2.75, 3.05) is 6.61 Å². The van der Waals surface area contributed by atoms with Gasteiger partial charge in [-0.3, -0.25) is 4.79 Å². The summed E-state index contributed by atoms with van der Waals surface area (Å²) in [5.74, 6) is 0.793. The van der Waals surface area contributed by atoms with Gasteiger partial charge in [0.05, 0.1) is 6.61 Å². The quantitative estimate of drug-likeness (QED) is 0.782. The maximum absolute atomic E-state index is 12.4. The Balaban J connectivity index is 2.30. The van der Waals surface area contributed by atoms with Crippen molar-refractivity contribution in [1.29, 1.82) is 0 Å². The van der Waals surface area contributed by atoms with Crippen LogP contribution in [0.15, 0.2) is 46.9 Å². The number of aryl methyl sites for hydroxylation is 1. The van der Waals surface area contributed by atoms with E-state index in [1.165, 1.54) is 0 Å². The predicted molar refractivity (Wildman–Crippen MR) is 79.9 cm³/mol. The van der Waals surface area contributed by atoms with Crippen molar-refractivity contribution >= 4 is 21.7 Å². The van der Waals surface area contributed by atoms with Crippen molar-refractivity contribution in [1.82, 2.24) is 0 Å². The second-order valence-electron chi connectivity index (χ2n) is 4.27. The molecular formula is C16H15BrO2. The van der Waals surface area contributed by atoms with Crippen LogP contribution in [-0.4, -0.2) is 12.4 Å². The van der Waals surface area contributed by atoms with Crippen LogP contribution in [-0.2, 0) is 0 Å². The SMILES string of the molecule is CCOc1ccc(C(=O)c2cc(C)ccc2Br)cc1. The number of carbonyl (C=O) groups excluding carboxylic acids is 1. The number of ketones is 1. The van der Waals surface area contributed by atoms with Crippen molar-refractivity contribution in [2.24, 2.45) is 0 Å². The Morgan fingerprint density at radius 1 is 1.16 bits per heavy atom. The summed E-state index contributed by atoms with van der Waals surface area (Å²) in [6.45, 7) is 4.53. The lowest BCUT2D eigenvalue weighted by Crippen LogP contribution is -2.03. The predicted octanol–water partition coefficient (Wildman–Crippen LogP) is 4.39. The van der Waals surface area contributed by atoms with E-state index >= 15 is 0 Å². The highest BCUT2D eigenvalue weighted by atomic mass is 79.9. The summed E-state index contributed by atoms with van der Waals surface area (Å²) in [7, 11) is 0. The zero-order valence-corrected chi connectivity index (χ0v) is 12.5. The molecule has 0 saturated heterocycles. The molecule has 0 N–H and O–H groups in total. The maximum Gasteiger partial charge on any atom is 0.194 e. The molecule has 0 aromatic heterocycles. The van der Waals surface area contributed by atoms with E-state index < -0.39 is 0 Å². The second-order valence-corrected chi connectivity index (χ2v) is 5.12. The van der Waals surface area contributed by atoms with Gasteiger partial charge < -0.3 is 4.74 Å². The monoisotopic (exact) mass is 318 g/mol. The molecule has 98 valence electrons. The summed E-state index contributed by atoms with van der Waals surface area (Å²) in [4.78, 5) is 12.4. The standard InChI is InChI=1S/C16H15BrO2/c1-3-19-13-7-5-12(6-8-13)16(18)14-10-11(2)4-9-15(14)17/h4-10H,3H2,1-2H3. The van der Waals surface area contributed by atoms with Gasteiger partial charge in [-0.15, -0.1) is 0 Å². The number of hydrogen-bond donors (Lipinski definition) is 0. The van der Waals surface area contributed by atoms with Crippen LogP contribution in [0, 0.1) is 6.92 Å². The molecule has 0 radical (unpaired) electrons. The first kappa shape index (κ1) is 13.8. The summed E-state index contributed by atoms with van der Waals surface area (Å²) in [5, 5.41) is 0. The Kier molecular flexibility index (Phi) is 4.38. The van der Waals surface area contributed by atoms with Gasteiger partial charge in [0.15, 0.2) is 5.78 Å². The van der Waals surface area contributed by atoms with Gasteiger partial charge in [-0.05, 0) is 50.2 Å². The number of halogens is 1. The molecule has 0 saturated carbocycles. The second kappa shape index (κ2) is 6.02. The van der Waals surface area contributed by atoms with E-state index in [0.717, 1.165) is 15.8 Å². The van der Waals surface area contributed by atoms with Crippen LogP contribution in [0.5, 0.6) is 5.75 Å². The highest BCUT2D eigenvalue weighted by Crippen LogP contribution is 2.22. The lowest BCUT2D eigenvalue weighted by atomic mass is 10.0. The Bertz CT molecular complexity index is 588. The van der Waals surface area contributed by atoms with E-state index in [2.05, 4.69) is 15.9 Å². The smallest absolute Gasteiger partial charge is 0.194 e. The number of hydrogen-bond acceptors (Lipinski definition) is 2. The maximum atomic E-state index is 12.4. The van der Waals surface area contributed by atoms with E-state index in [9.17, 15) is 4.79 Å². The summed E-state index contributed by atoms with van der Waals surface area (Å²) >= 11 is 3.42. The zero-order valence-electron chi connectivity index (χ0n) is 10.9. The molecule has 0 spiro atoms. The molecule has 0 aliphatic rings. The molecule has 0 bridgehead atoms. The van der Waals surface area contributed by atoms with E-state index in [4.69, 9.17) is 4.74 Å².